The zero-order chi connectivity index (χ0) is 14.9. The average molecular weight is 280 g/mol. The van der Waals surface area contributed by atoms with E-state index >= 15 is 0 Å². The summed E-state index contributed by atoms with van der Waals surface area (Å²) < 4.78 is 18.3. The van der Waals surface area contributed by atoms with Crippen LogP contribution in [-0.2, 0) is 9.59 Å². The highest BCUT2D eigenvalue weighted by molar-refractivity contribution is 6.06. The number of rotatable bonds is 3. The summed E-state index contributed by atoms with van der Waals surface area (Å²) in [7, 11) is 1.35. The summed E-state index contributed by atoms with van der Waals surface area (Å²) in [5.41, 5.74) is 0.453. The fraction of sp³-hybridized carbons (Fsp3) is 0.429. The maximum atomic E-state index is 13.4. The van der Waals surface area contributed by atoms with Gasteiger partial charge in [0.25, 0.3) is 0 Å². The fourth-order valence-corrected chi connectivity index (χ4v) is 2.16. The number of nitrogens with zero attached hydrogens (tertiary/aromatic N) is 1. The van der Waals surface area contributed by atoms with E-state index in [0.717, 1.165) is 0 Å². The molecule has 20 heavy (non-hydrogen) atoms. The minimum absolute atomic E-state index is 0.0170. The van der Waals surface area contributed by atoms with Gasteiger partial charge in [-0.25, -0.2) is 4.39 Å². The van der Waals surface area contributed by atoms with Gasteiger partial charge in [-0.05, 0) is 18.1 Å². The molecule has 5 nitrogen and oxygen atoms in total. The molecule has 2 rings (SSSR count). The van der Waals surface area contributed by atoms with E-state index < -0.39 is 11.9 Å². The maximum Gasteiger partial charge on any atom is 0.250 e. The van der Waals surface area contributed by atoms with Gasteiger partial charge >= 0.3 is 0 Å². The second-order valence-electron chi connectivity index (χ2n) is 5.03. The van der Waals surface area contributed by atoms with Gasteiger partial charge in [-0.3, -0.25) is 9.59 Å². The van der Waals surface area contributed by atoms with Crippen LogP contribution in [0.15, 0.2) is 18.2 Å². The molecule has 0 aromatic heterocycles. The fourth-order valence-electron chi connectivity index (χ4n) is 2.16. The quantitative estimate of drug-likeness (QED) is 0.908. The van der Waals surface area contributed by atoms with Crippen molar-refractivity contribution < 1.29 is 18.7 Å². The van der Waals surface area contributed by atoms with Gasteiger partial charge in [0.05, 0.1) is 7.11 Å². The van der Waals surface area contributed by atoms with Crippen molar-refractivity contribution in [3.05, 3.63) is 24.0 Å². The largest absolute Gasteiger partial charge is 0.494 e. The predicted molar refractivity (Wildman–Crippen MR) is 72.1 cm³/mol. The summed E-state index contributed by atoms with van der Waals surface area (Å²) in [6.45, 7) is 3.64. The van der Waals surface area contributed by atoms with Gasteiger partial charge in [-0.2, -0.15) is 0 Å². The van der Waals surface area contributed by atoms with Gasteiger partial charge in [-0.1, -0.05) is 13.8 Å². The molecule has 0 radical (unpaired) electrons. The molecule has 1 unspecified atom stereocenters. The summed E-state index contributed by atoms with van der Waals surface area (Å²) in [4.78, 5) is 25.4. The lowest BCUT2D eigenvalue weighted by Crippen LogP contribution is -2.60. The van der Waals surface area contributed by atoms with Crippen molar-refractivity contribution in [1.82, 2.24) is 5.32 Å². The van der Waals surface area contributed by atoms with E-state index in [9.17, 15) is 14.0 Å². The van der Waals surface area contributed by atoms with Crippen LogP contribution in [0.5, 0.6) is 5.75 Å². The van der Waals surface area contributed by atoms with Crippen molar-refractivity contribution in [2.45, 2.75) is 19.9 Å². The molecule has 0 bridgehead atoms. The molecule has 1 aliphatic rings. The first-order valence-electron chi connectivity index (χ1n) is 6.38. The van der Waals surface area contributed by atoms with E-state index in [1.165, 1.54) is 30.2 Å². The molecule has 108 valence electrons. The highest BCUT2D eigenvalue weighted by Gasteiger charge is 2.35. The van der Waals surface area contributed by atoms with Crippen LogP contribution in [0.25, 0.3) is 0 Å². The van der Waals surface area contributed by atoms with Crippen molar-refractivity contribution >= 4 is 17.5 Å². The van der Waals surface area contributed by atoms with E-state index in [-0.39, 0.29) is 30.0 Å². The summed E-state index contributed by atoms with van der Waals surface area (Å²) in [5.74, 6) is -0.913. The third kappa shape index (κ3) is 2.59. The Balaban J connectivity index is 2.35. The van der Waals surface area contributed by atoms with Crippen LogP contribution in [0.2, 0.25) is 0 Å². The van der Waals surface area contributed by atoms with E-state index in [2.05, 4.69) is 5.32 Å². The van der Waals surface area contributed by atoms with E-state index in [4.69, 9.17) is 4.74 Å². The number of hydrogen-bond acceptors (Lipinski definition) is 3. The van der Waals surface area contributed by atoms with Crippen molar-refractivity contribution in [2.75, 3.05) is 18.6 Å². The van der Waals surface area contributed by atoms with Crippen LogP contribution in [0.4, 0.5) is 10.1 Å². The number of carbonyl (C=O) groups is 2. The lowest BCUT2D eigenvalue weighted by molar-refractivity contribution is -0.132. The molecule has 6 heteroatoms. The Bertz CT molecular complexity index is 545. The number of methoxy groups -OCH3 is 1. The van der Waals surface area contributed by atoms with E-state index in [1.54, 1.807) is 0 Å². The van der Waals surface area contributed by atoms with Crippen molar-refractivity contribution in [2.24, 2.45) is 5.92 Å². The molecule has 2 amide bonds. The molecular formula is C14H17FN2O3. The number of benzene rings is 1. The van der Waals surface area contributed by atoms with Gasteiger partial charge in [0, 0.05) is 11.8 Å². The third-order valence-electron chi connectivity index (χ3n) is 3.26. The SMILES string of the molecule is COc1cc(N2CC(=O)NC(C(C)C)C2=O)ccc1F. The third-order valence-corrected chi connectivity index (χ3v) is 3.26. The molecule has 0 spiro atoms. The summed E-state index contributed by atoms with van der Waals surface area (Å²) in [5, 5.41) is 2.67. The minimum Gasteiger partial charge on any atom is -0.494 e. The first-order valence-corrected chi connectivity index (χ1v) is 6.38. The number of ether oxygens (including phenoxy) is 1. The average Bonchev–Trinajstić information content (AvgIpc) is 2.41. The van der Waals surface area contributed by atoms with Crippen LogP contribution < -0.4 is 15.0 Å². The Morgan fingerprint density at radius 2 is 2.10 bits per heavy atom. The summed E-state index contributed by atoms with van der Waals surface area (Å²) in [6.07, 6.45) is 0. The molecule has 0 aliphatic carbocycles. The van der Waals surface area contributed by atoms with Crippen LogP contribution >= 0.6 is 0 Å². The lowest BCUT2D eigenvalue weighted by Gasteiger charge is -2.34. The molecular weight excluding hydrogens is 263 g/mol. The summed E-state index contributed by atoms with van der Waals surface area (Å²) >= 11 is 0. The minimum atomic E-state index is -0.563. The van der Waals surface area contributed by atoms with Gasteiger partial charge in [-0.15, -0.1) is 0 Å². The first kappa shape index (κ1) is 14.3. The van der Waals surface area contributed by atoms with Gasteiger partial charge in [0.15, 0.2) is 11.6 Å². The number of carbonyl (C=O) groups excluding carboxylic acids is 2. The van der Waals surface area contributed by atoms with Crippen molar-refractivity contribution in [1.29, 1.82) is 0 Å². The van der Waals surface area contributed by atoms with Crippen molar-refractivity contribution in [3.8, 4) is 5.75 Å². The van der Waals surface area contributed by atoms with Gasteiger partial charge in [0.1, 0.15) is 12.6 Å². The topological polar surface area (TPSA) is 58.6 Å². The monoisotopic (exact) mass is 280 g/mol. The molecule has 1 aliphatic heterocycles. The van der Waals surface area contributed by atoms with Crippen LogP contribution in [0.1, 0.15) is 13.8 Å². The predicted octanol–water partition coefficient (Wildman–Crippen LogP) is 1.32. The normalized spacial score (nSPS) is 19.2. The second kappa shape index (κ2) is 5.48. The van der Waals surface area contributed by atoms with Crippen LogP contribution in [0.3, 0.4) is 0 Å². The molecule has 1 N–H and O–H groups in total. The molecule has 1 aromatic carbocycles. The number of halogens is 1. The Labute approximate surface area is 116 Å². The zero-order valence-electron chi connectivity index (χ0n) is 11.6. The van der Waals surface area contributed by atoms with E-state index in [0.29, 0.717) is 5.69 Å². The number of piperazine rings is 1. The van der Waals surface area contributed by atoms with Gasteiger partial charge < -0.3 is 15.0 Å². The number of amides is 2. The van der Waals surface area contributed by atoms with Crippen LogP contribution in [0, 0.1) is 11.7 Å². The standard InChI is InChI=1S/C14H17FN2O3/c1-8(2)13-14(19)17(7-12(18)16-13)9-4-5-10(15)11(6-9)20-3/h4-6,8,13H,7H2,1-3H3,(H,16,18). The Kier molecular flexibility index (Phi) is 3.92. The van der Waals surface area contributed by atoms with E-state index in [1.807, 2.05) is 13.8 Å². The van der Waals surface area contributed by atoms with Gasteiger partial charge in [0.2, 0.25) is 11.8 Å². The highest BCUT2D eigenvalue weighted by atomic mass is 19.1. The Morgan fingerprint density at radius 1 is 1.40 bits per heavy atom. The maximum absolute atomic E-state index is 13.4. The molecule has 1 fully saturated rings. The first-order chi connectivity index (χ1) is 9.43. The molecule has 0 saturated carbocycles. The Morgan fingerprint density at radius 3 is 2.70 bits per heavy atom. The highest BCUT2D eigenvalue weighted by Crippen LogP contribution is 2.26. The molecule has 1 heterocycles. The molecule has 1 saturated heterocycles. The second-order valence-corrected chi connectivity index (χ2v) is 5.03. The van der Waals surface area contributed by atoms with Crippen molar-refractivity contribution in [3.63, 3.8) is 0 Å². The number of anilines is 1. The molecule has 1 atom stereocenters. The molecule has 1 aromatic rings. The smallest absolute Gasteiger partial charge is 0.250 e. The lowest BCUT2D eigenvalue weighted by atomic mass is 10.0. The Hall–Kier alpha value is -2.11. The zero-order valence-corrected chi connectivity index (χ0v) is 11.6. The number of nitrogens with one attached hydrogen (secondary N) is 1. The van der Waals surface area contributed by atoms with Crippen LogP contribution in [-0.4, -0.2) is 31.5 Å². The number of hydrogen-bond donors (Lipinski definition) is 1. The summed E-state index contributed by atoms with van der Waals surface area (Å²) in [6, 6.07) is 3.54.